The average Bonchev–Trinajstić information content (AvgIpc) is 3.17. The highest BCUT2D eigenvalue weighted by Gasteiger charge is 2.55. The maximum absolute atomic E-state index is 12.4. The minimum absolute atomic E-state index is 0.0963. The van der Waals surface area contributed by atoms with Crippen LogP contribution >= 0.6 is 0 Å². The first kappa shape index (κ1) is 18.4. The van der Waals surface area contributed by atoms with Crippen LogP contribution in [0.4, 0.5) is 0 Å². The molecule has 1 aromatic heterocycles. The van der Waals surface area contributed by atoms with E-state index in [1.165, 1.54) is 0 Å². The van der Waals surface area contributed by atoms with Crippen molar-refractivity contribution in [3.05, 3.63) is 77.6 Å². The van der Waals surface area contributed by atoms with Gasteiger partial charge in [-0.25, -0.2) is 0 Å². The minimum atomic E-state index is -0.468. The van der Waals surface area contributed by atoms with E-state index in [9.17, 15) is 9.59 Å². The van der Waals surface area contributed by atoms with E-state index in [4.69, 9.17) is 4.74 Å². The zero-order chi connectivity index (χ0) is 19.6. The van der Waals surface area contributed by atoms with Crippen molar-refractivity contribution in [2.75, 3.05) is 13.2 Å². The Balaban J connectivity index is 1.36. The molecular formula is C23H24N2O3. The number of carbonyl (C=O) groups excluding carboxylic acids is 2. The Kier molecular flexibility index (Phi) is 4.99. The number of hydrogen-bond donors (Lipinski definition) is 1. The molecule has 1 aliphatic heterocycles. The van der Waals surface area contributed by atoms with Crippen LogP contribution in [0.15, 0.2) is 60.9 Å². The van der Waals surface area contributed by atoms with Gasteiger partial charge in [0.15, 0.2) is 0 Å². The molecule has 1 amide bonds. The van der Waals surface area contributed by atoms with Gasteiger partial charge in [-0.1, -0.05) is 30.4 Å². The number of cyclic esters (lactones) is 1. The van der Waals surface area contributed by atoms with Gasteiger partial charge in [-0.2, -0.15) is 0 Å². The second-order valence-electron chi connectivity index (χ2n) is 7.82. The molecule has 2 aromatic rings. The summed E-state index contributed by atoms with van der Waals surface area (Å²) in [5.74, 6) is 0.0253. The fourth-order valence-electron chi connectivity index (χ4n) is 4.37. The maximum atomic E-state index is 12.4. The molecule has 2 unspecified atom stereocenters. The van der Waals surface area contributed by atoms with E-state index in [0.29, 0.717) is 31.6 Å². The molecule has 28 heavy (non-hydrogen) atoms. The molecule has 0 radical (unpaired) electrons. The molecule has 5 heteroatoms. The zero-order valence-electron chi connectivity index (χ0n) is 15.8. The molecule has 1 N–H and O–H groups in total. The number of ether oxygens (including phenoxy) is 1. The van der Waals surface area contributed by atoms with Gasteiger partial charge in [0, 0.05) is 30.4 Å². The monoisotopic (exact) mass is 376 g/mol. The first-order valence-corrected chi connectivity index (χ1v) is 9.67. The molecule has 2 heterocycles. The van der Waals surface area contributed by atoms with Crippen molar-refractivity contribution in [2.45, 2.75) is 25.7 Å². The second kappa shape index (κ2) is 7.58. The third kappa shape index (κ3) is 3.57. The topological polar surface area (TPSA) is 68.3 Å². The number of nitrogens with zero attached hydrogens (tertiary/aromatic N) is 1. The summed E-state index contributed by atoms with van der Waals surface area (Å²) in [5.41, 5.74) is 3.42. The number of rotatable bonds is 6. The third-order valence-corrected chi connectivity index (χ3v) is 5.86. The molecule has 1 aromatic carbocycles. The largest absolute Gasteiger partial charge is 0.465 e. The molecule has 1 saturated heterocycles. The lowest BCUT2D eigenvalue weighted by molar-refractivity contribution is -0.146. The van der Waals surface area contributed by atoms with Crippen molar-refractivity contribution in [2.24, 2.45) is 11.3 Å². The van der Waals surface area contributed by atoms with Crippen LogP contribution in [0.25, 0.3) is 0 Å². The Morgan fingerprint density at radius 3 is 2.82 bits per heavy atom. The van der Waals surface area contributed by atoms with Crippen LogP contribution in [-0.2, 0) is 22.4 Å². The quantitative estimate of drug-likeness (QED) is 0.621. The van der Waals surface area contributed by atoms with E-state index >= 15 is 0 Å². The highest BCUT2D eigenvalue weighted by atomic mass is 16.5. The van der Waals surface area contributed by atoms with Gasteiger partial charge in [-0.05, 0) is 55.0 Å². The van der Waals surface area contributed by atoms with Crippen molar-refractivity contribution in [3.63, 3.8) is 0 Å². The summed E-state index contributed by atoms with van der Waals surface area (Å²) in [6, 6.07) is 11.4. The van der Waals surface area contributed by atoms with Crippen molar-refractivity contribution < 1.29 is 14.3 Å². The van der Waals surface area contributed by atoms with Crippen LogP contribution in [0, 0.1) is 11.3 Å². The maximum Gasteiger partial charge on any atom is 0.313 e. The predicted octanol–water partition coefficient (Wildman–Crippen LogP) is 3.11. The highest BCUT2D eigenvalue weighted by Crippen LogP contribution is 2.52. The first-order chi connectivity index (χ1) is 13.6. The van der Waals surface area contributed by atoms with Gasteiger partial charge >= 0.3 is 5.97 Å². The summed E-state index contributed by atoms with van der Waals surface area (Å²) >= 11 is 0. The van der Waals surface area contributed by atoms with Crippen LogP contribution in [0.2, 0.25) is 0 Å². The van der Waals surface area contributed by atoms with Gasteiger partial charge in [0.2, 0.25) is 0 Å². The number of pyridine rings is 1. The Bertz CT molecular complexity index is 892. The number of nitrogens with one attached hydrogen (secondary N) is 1. The van der Waals surface area contributed by atoms with Gasteiger partial charge in [0.05, 0.1) is 12.0 Å². The van der Waals surface area contributed by atoms with Crippen molar-refractivity contribution in [1.29, 1.82) is 0 Å². The zero-order valence-corrected chi connectivity index (χ0v) is 15.8. The van der Waals surface area contributed by atoms with E-state index in [1.807, 2.05) is 36.4 Å². The number of benzene rings is 1. The van der Waals surface area contributed by atoms with Crippen molar-refractivity contribution in [3.8, 4) is 0 Å². The Morgan fingerprint density at radius 1 is 1.25 bits per heavy atom. The Labute approximate surface area is 164 Å². The lowest BCUT2D eigenvalue weighted by Crippen LogP contribution is -2.31. The molecule has 0 bridgehead atoms. The number of carbonyl (C=O) groups is 2. The van der Waals surface area contributed by atoms with Crippen molar-refractivity contribution in [1.82, 2.24) is 10.3 Å². The molecule has 2 aliphatic rings. The SMILES string of the molecule is C=C1CC2COC(=O)C2(Cc2ccc(C(=O)NCCc3cccnc3)cc2)C1. The van der Waals surface area contributed by atoms with Gasteiger partial charge in [0.1, 0.15) is 0 Å². The van der Waals surface area contributed by atoms with Gasteiger partial charge in [-0.3, -0.25) is 14.6 Å². The van der Waals surface area contributed by atoms with E-state index in [2.05, 4.69) is 16.9 Å². The van der Waals surface area contributed by atoms with Crippen LogP contribution in [0.1, 0.15) is 34.3 Å². The van der Waals surface area contributed by atoms with Crippen LogP contribution < -0.4 is 5.32 Å². The molecule has 2 atom stereocenters. The lowest BCUT2D eigenvalue weighted by Gasteiger charge is -2.24. The molecule has 4 rings (SSSR count). The number of amides is 1. The molecule has 1 saturated carbocycles. The summed E-state index contributed by atoms with van der Waals surface area (Å²) in [4.78, 5) is 28.8. The molecule has 144 valence electrons. The minimum Gasteiger partial charge on any atom is -0.465 e. The fraction of sp³-hybridized carbons (Fsp3) is 0.348. The van der Waals surface area contributed by atoms with Crippen LogP contribution in [0.5, 0.6) is 0 Å². The predicted molar refractivity (Wildman–Crippen MR) is 106 cm³/mol. The number of hydrogen-bond acceptors (Lipinski definition) is 4. The van der Waals surface area contributed by atoms with Gasteiger partial charge in [0.25, 0.3) is 5.91 Å². The summed E-state index contributed by atoms with van der Waals surface area (Å²) in [6.45, 7) is 5.14. The van der Waals surface area contributed by atoms with Crippen LogP contribution in [0.3, 0.4) is 0 Å². The number of aromatic nitrogens is 1. The highest BCUT2D eigenvalue weighted by molar-refractivity contribution is 5.94. The number of esters is 1. The Morgan fingerprint density at radius 2 is 2.07 bits per heavy atom. The third-order valence-electron chi connectivity index (χ3n) is 5.86. The fourth-order valence-corrected chi connectivity index (χ4v) is 4.37. The van der Waals surface area contributed by atoms with E-state index in [-0.39, 0.29) is 17.8 Å². The van der Waals surface area contributed by atoms with E-state index < -0.39 is 5.41 Å². The molecule has 1 aliphatic carbocycles. The van der Waals surface area contributed by atoms with Gasteiger partial charge in [-0.15, -0.1) is 0 Å². The van der Waals surface area contributed by atoms with E-state index in [0.717, 1.165) is 29.5 Å². The first-order valence-electron chi connectivity index (χ1n) is 9.67. The summed E-state index contributed by atoms with van der Waals surface area (Å²) in [5, 5.41) is 2.94. The van der Waals surface area contributed by atoms with Crippen molar-refractivity contribution >= 4 is 11.9 Å². The molecule has 0 spiro atoms. The molecule has 5 nitrogen and oxygen atoms in total. The average molecular weight is 376 g/mol. The van der Waals surface area contributed by atoms with Crippen LogP contribution in [-0.4, -0.2) is 30.0 Å². The molecule has 2 fully saturated rings. The number of fused-ring (bicyclic) bond motifs is 1. The smallest absolute Gasteiger partial charge is 0.313 e. The molecular weight excluding hydrogens is 352 g/mol. The normalized spacial score (nSPS) is 23.4. The summed E-state index contributed by atoms with van der Waals surface area (Å²) in [6.07, 6.45) is 6.49. The second-order valence-corrected chi connectivity index (χ2v) is 7.82. The summed E-state index contributed by atoms with van der Waals surface area (Å²) in [7, 11) is 0. The van der Waals surface area contributed by atoms with E-state index in [1.54, 1.807) is 12.4 Å². The summed E-state index contributed by atoms with van der Waals surface area (Å²) < 4.78 is 5.34. The van der Waals surface area contributed by atoms with Gasteiger partial charge < -0.3 is 10.1 Å². The lowest BCUT2D eigenvalue weighted by atomic mass is 9.75. The number of allylic oxidation sites excluding steroid dienone is 1. The Hall–Kier alpha value is -2.95. The standard InChI is InChI=1S/C23H24N2O3/c1-16-11-20-15-28-22(27)23(20,12-16)13-17-4-6-19(7-5-17)21(26)25-10-8-18-3-2-9-24-14-18/h2-7,9,14,20H,1,8,10-13,15H2,(H,25,26).